The monoisotopic (exact) mass is 359 g/mol. The molecule has 1 aromatic rings. The van der Waals surface area contributed by atoms with E-state index in [0.717, 1.165) is 68.8 Å². The molecule has 6 nitrogen and oxygen atoms in total. The van der Waals surface area contributed by atoms with Crippen LogP contribution in [0.1, 0.15) is 43.2 Å². The van der Waals surface area contributed by atoms with E-state index in [-0.39, 0.29) is 12.2 Å². The van der Waals surface area contributed by atoms with Crippen molar-refractivity contribution < 1.29 is 14.8 Å². The molecule has 2 saturated heterocycles. The van der Waals surface area contributed by atoms with Crippen LogP contribution in [0.4, 0.5) is 5.69 Å². The highest BCUT2D eigenvalue weighted by atomic mass is 16.5. The number of nitrogens with zero attached hydrogens (tertiary/aromatic N) is 2. The minimum atomic E-state index is -0.156. The quantitative estimate of drug-likeness (QED) is 0.402. The van der Waals surface area contributed by atoms with Crippen LogP contribution in [0.15, 0.2) is 23.3 Å². The lowest BCUT2D eigenvalue weighted by Crippen LogP contribution is -2.73. The molecular formula is C20H31N4O2+. The number of nitrogens with one attached hydrogen (secondary N) is 1. The zero-order chi connectivity index (χ0) is 18.4. The van der Waals surface area contributed by atoms with E-state index in [0.29, 0.717) is 0 Å². The van der Waals surface area contributed by atoms with E-state index in [1.807, 2.05) is 6.21 Å². The lowest BCUT2D eigenvalue weighted by Gasteiger charge is -2.31. The first-order chi connectivity index (χ1) is 12.7. The highest BCUT2D eigenvalue weighted by Crippen LogP contribution is 2.23. The maximum absolute atomic E-state index is 9.68. The van der Waals surface area contributed by atoms with E-state index in [9.17, 15) is 5.11 Å². The molecule has 4 N–H and O–H groups in total. The Balaban J connectivity index is 1.64. The second-order valence-electron chi connectivity index (χ2n) is 7.27. The highest BCUT2D eigenvalue weighted by Gasteiger charge is 2.19. The average molecular weight is 359 g/mol. The van der Waals surface area contributed by atoms with E-state index in [2.05, 4.69) is 40.1 Å². The van der Waals surface area contributed by atoms with Gasteiger partial charge in [0.05, 0.1) is 6.10 Å². The van der Waals surface area contributed by atoms with Crippen LogP contribution in [0, 0.1) is 6.92 Å². The van der Waals surface area contributed by atoms with Gasteiger partial charge < -0.3 is 20.6 Å². The van der Waals surface area contributed by atoms with Gasteiger partial charge >= 0.3 is 0 Å². The summed E-state index contributed by atoms with van der Waals surface area (Å²) in [6.07, 6.45) is 7.17. The number of nitrogens with two attached hydrogens (primary N) is 1. The number of aryl methyl sites for hydroxylation is 1. The minimum absolute atomic E-state index is 0.156. The lowest BCUT2D eigenvalue weighted by molar-refractivity contribution is -0.465. The van der Waals surface area contributed by atoms with Crippen molar-refractivity contribution in [2.45, 2.75) is 51.2 Å². The Morgan fingerprint density at radius 1 is 1.35 bits per heavy atom. The topological polar surface area (TPSA) is 85.0 Å². The fourth-order valence-electron chi connectivity index (χ4n) is 3.70. The normalized spacial score (nSPS) is 22.9. The molecule has 3 rings (SSSR count). The number of hydrazone groups is 1. The van der Waals surface area contributed by atoms with E-state index < -0.39 is 0 Å². The molecule has 0 radical (unpaired) electrons. The smallest absolute Gasteiger partial charge is 0.190 e. The molecule has 0 bridgehead atoms. The van der Waals surface area contributed by atoms with Gasteiger partial charge in [-0.3, -0.25) is 0 Å². The van der Waals surface area contributed by atoms with Gasteiger partial charge in [0.15, 0.2) is 18.5 Å². The zero-order valence-corrected chi connectivity index (χ0v) is 15.7. The summed E-state index contributed by atoms with van der Waals surface area (Å²) >= 11 is 0. The molecule has 0 aromatic heterocycles. The molecule has 142 valence electrons. The molecule has 1 aromatic carbocycles. The van der Waals surface area contributed by atoms with Gasteiger partial charge in [-0.1, -0.05) is 6.07 Å². The van der Waals surface area contributed by atoms with Crippen LogP contribution in [0.25, 0.3) is 0 Å². The van der Waals surface area contributed by atoms with Crippen LogP contribution in [0.5, 0.6) is 0 Å². The van der Waals surface area contributed by atoms with Crippen LogP contribution in [-0.2, 0) is 4.74 Å². The fourth-order valence-corrected chi connectivity index (χ4v) is 3.70. The number of aliphatic hydroxyl groups excluding tert-OH is 1. The van der Waals surface area contributed by atoms with Crippen molar-refractivity contribution in [2.75, 3.05) is 31.1 Å². The Bertz CT molecular complexity index is 645. The third-order valence-corrected chi connectivity index (χ3v) is 5.31. The highest BCUT2D eigenvalue weighted by molar-refractivity contribution is 6.36. The molecule has 6 heteroatoms. The van der Waals surface area contributed by atoms with Gasteiger partial charge in [0, 0.05) is 30.9 Å². The minimum Gasteiger partial charge on any atom is -0.393 e. The predicted octanol–water partition coefficient (Wildman–Crippen LogP) is 0.339. The summed E-state index contributed by atoms with van der Waals surface area (Å²) in [5.74, 6) is 5.64. The molecule has 26 heavy (non-hydrogen) atoms. The molecule has 0 spiro atoms. The summed E-state index contributed by atoms with van der Waals surface area (Å²) in [5.41, 5.74) is 4.12. The average Bonchev–Trinajstić information content (AvgIpc) is 2.67. The molecule has 1 atom stereocenters. The molecule has 0 amide bonds. The molecule has 0 aliphatic carbocycles. The van der Waals surface area contributed by atoms with Gasteiger partial charge in [-0.15, -0.1) is 0 Å². The first-order valence-corrected chi connectivity index (χ1v) is 9.67. The van der Waals surface area contributed by atoms with Crippen molar-refractivity contribution in [1.82, 2.24) is 0 Å². The summed E-state index contributed by atoms with van der Waals surface area (Å²) in [7, 11) is 0. The Morgan fingerprint density at radius 3 is 2.81 bits per heavy atom. The Hall–Kier alpha value is -1.92. The first kappa shape index (κ1) is 18.9. The molecule has 1 unspecified atom stereocenters. The van der Waals surface area contributed by atoms with Gasteiger partial charge in [0.25, 0.3) is 0 Å². The van der Waals surface area contributed by atoms with Crippen LogP contribution >= 0.6 is 0 Å². The fraction of sp³-hybridized carbons (Fsp3) is 0.600. The van der Waals surface area contributed by atoms with Crippen molar-refractivity contribution in [1.29, 1.82) is 0 Å². The van der Waals surface area contributed by atoms with Crippen LogP contribution in [0.3, 0.4) is 0 Å². The Labute approximate surface area is 155 Å². The van der Waals surface area contributed by atoms with Gasteiger partial charge in [0.1, 0.15) is 6.10 Å². The maximum atomic E-state index is 9.68. The van der Waals surface area contributed by atoms with Crippen molar-refractivity contribution in [3.05, 3.63) is 29.3 Å². The second kappa shape index (κ2) is 9.14. The SMILES string of the molecule is Cc1cc(N2CCC(O)CC2)ccc1/C(C=[NH+]CC1CCCCO1)=N/N. The molecule has 2 aliphatic rings. The molecule has 2 heterocycles. The lowest BCUT2D eigenvalue weighted by atomic mass is 10.0. The number of benzene rings is 1. The van der Waals surface area contributed by atoms with Crippen molar-refractivity contribution in [3.63, 3.8) is 0 Å². The summed E-state index contributed by atoms with van der Waals surface area (Å²) in [5, 5.41) is 13.6. The standard InChI is InChI=1S/C20H30N4O2/c1-15-12-16(24-9-7-17(25)8-10-24)5-6-19(15)20(23-21)14-22-13-18-4-2-3-11-26-18/h5-6,12,14,17-18,25H,2-4,7-11,13,21H2,1H3/p+1/b22-14?,23-20+. The largest absolute Gasteiger partial charge is 0.393 e. The van der Waals surface area contributed by atoms with Gasteiger partial charge in [-0.05, 0) is 56.7 Å². The van der Waals surface area contributed by atoms with E-state index >= 15 is 0 Å². The summed E-state index contributed by atoms with van der Waals surface area (Å²) < 4.78 is 5.74. The molecule has 0 saturated carbocycles. The number of piperidine rings is 1. The van der Waals surface area contributed by atoms with E-state index in [4.69, 9.17) is 10.6 Å². The zero-order valence-electron chi connectivity index (χ0n) is 15.7. The number of anilines is 1. The summed E-state index contributed by atoms with van der Waals surface area (Å²) in [6.45, 7) is 5.52. The first-order valence-electron chi connectivity index (χ1n) is 9.67. The van der Waals surface area contributed by atoms with E-state index in [1.54, 1.807) is 0 Å². The number of ether oxygens (including phenoxy) is 1. The third-order valence-electron chi connectivity index (χ3n) is 5.31. The maximum Gasteiger partial charge on any atom is 0.190 e. The van der Waals surface area contributed by atoms with Gasteiger partial charge in [0.2, 0.25) is 0 Å². The molecular weight excluding hydrogens is 328 g/mol. The molecule has 2 aliphatic heterocycles. The summed E-state index contributed by atoms with van der Waals surface area (Å²) in [6, 6.07) is 6.37. The van der Waals surface area contributed by atoms with Crippen molar-refractivity contribution >= 4 is 17.6 Å². The van der Waals surface area contributed by atoms with Gasteiger partial charge in [-0.2, -0.15) is 5.10 Å². The van der Waals surface area contributed by atoms with Crippen LogP contribution in [0.2, 0.25) is 0 Å². The van der Waals surface area contributed by atoms with E-state index in [1.165, 1.54) is 12.1 Å². The van der Waals surface area contributed by atoms with Crippen molar-refractivity contribution in [3.8, 4) is 0 Å². The van der Waals surface area contributed by atoms with Crippen molar-refractivity contribution in [2.24, 2.45) is 10.9 Å². The number of aliphatic hydroxyl groups is 1. The number of rotatable bonds is 5. The number of hydrogen-bond acceptors (Lipinski definition) is 5. The third kappa shape index (κ3) is 4.83. The second-order valence-corrected chi connectivity index (χ2v) is 7.27. The van der Waals surface area contributed by atoms with Gasteiger partial charge in [-0.25, -0.2) is 4.99 Å². The Kier molecular flexibility index (Phi) is 6.63. The summed E-state index contributed by atoms with van der Waals surface area (Å²) in [4.78, 5) is 5.64. The predicted molar refractivity (Wildman–Crippen MR) is 105 cm³/mol. The Morgan fingerprint density at radius 2 is 2.15 bits per heavy atom. The van der Waals surface area contributed by atoms with Crippen LogP contribution in [-0.4, -0.2) is 55.5 Å². The number of hydrogen-bond donors (Lipinski definition) is 3. The molecule has 2 fully saturated rings. The van der Waals surface area contributed by atoms with Crippen LogP contribution < -0.4 is 15.7 Å².